The Morgan fingerprint density at radius 2 is 1.78 bits per heavy atom. The van der Waals surface area contributed by atoms with Crippen LogP contribution in [0, 0.1) is 12.7 Å². The molecule has 0 spiro atoms. The van der Waals surface area contributed by atoms with Gasteiger partial charge in [0, 0.05) is 11.8 Å². The number of aryl methyl sites for hydroxylation is 1. The van der Waals surface area contributed by atoms with Gasteiger partial charge in [0.15, 0.2) is 0 Å². The fourth-order valence-electron chi connectivity index (χ4n) is 1.91. The minimum absolute atomic E-state index is 0.212. The van der Waals surface area contributed by atoms with E-state index in [0.717, 1.165) is 16.8 Å². The molecule has 3 heteroatoms. The molecule has 0 aliphatic rings. The van der Waals surface area contributed by atoms with Crippen LogP contribution in [0.15, 0.2) is 36.5 Å². The Kier molecular flexibility index (Phi) is 3.35. The maximum Gasteiger partial charge on any atom is 0.123 e. The molecule has 0 amide bonds. The van der Waals surface area contributed by atoms with E-state index in [2.05, 4.69) is 36.8 Å². The molecule has 1 aromatic carbocycles. The summed E-state index contributed by atoms with van der Waals surface area (Å²) in [6, 6.07) is 9.03. The molecule has 0 atom stereocenters. The van der Waals surface area contributed by atoms with Crippen LogP contribution in [0.4, 0.5) is 4.39 Å². The molecule has 0 fully saturated rings. The third-order valence-electron chi connectivity index (χ3n) is 3.10. The predicted molar refractivity (Wildman–Crippen MR) is 77.3 cm³/mol. The van der Waals surface area contributed by atoms with Gasteiger partial charge in [-0.15, -0.1) is 0 Å². The monoisotopic (exact) mass is 259 g/mol. The third kappa shape index (κ3) is 2.67. The molecular weight excluding hydrogens is 241 g/mol. The van der Waals surface area contributed by atoms with Crippen LogP contribution in [0.25, 0.3) is 11.3 Å². The van der Waals surface area contributed by atoms with Gasteiger partial charge in [-0.1, -0.05) is 30.9 Å². The number of halogens is 1. The van der Waals surface area contributed by atoms with Crippen molar-refractivity contribution >= 4 is 13.3 Å². The first-order valence-corrected chi connectivity index (χ1v) is 9.61. The summed E-state index contributed by atoms with van der Waals surface area (Å²) < 4.78 is 13.3. The standard InChI is InChI=1S/C15H18FNSi/c1-11-5-6-12(16)9-14(11)15-10-13(7-8-17-15)18(2,3)4/h5-10H,1-4H3. The molecule has 0 N–H and O–H groups in total. The third-order valence-corrected chi connectivity index (χ3v) is 5.14. The van der Waals surface area contributed by atoms with Crippen LogP contribution in [-0.2, 0) is 0 Å². The molecule has 1 aromatic heterocycles. The molecule has 2 rings (SSSR count). The first-order chi connectivity index (χ1) is 8.38. The lowest BCUT2D eigenvalue weighted by Gasteiger charge is -2.17. The summed E-state index contributed by atoms with van der Waals surface area (Å²) in [4.78, 5) is 4.38. The van der Waals surface area contributed by atoms with E-state index < -0.39 is 8.07 Å². The maximum absolute atomic E-state index is 13.3. The number of hydrogen-bond acceptors (Lipinski definition) is 1. The normalized spacial score (nSPS) is 11.6. The lowest BCUT2D eigenvalue weighted by molar-refractivity contribution is 0.628. The van der Waals surface area contributed by atoms with E-state index in [-0.39, 0.29) is 5.82 Å². The second kappa shape index (κ2) is 4.65. The van der Waals surface area contributed by atoms with E-state index in [4.69, 9.17) is 0 Å². The molecule has 0 bridgehead atoms. The summed E-state index contributed by atoms with van der Waals surface area (Å²) in [6.07, 6.45) is 1.83. The highest BCUT2D eigenvalue weighted by Gasteiger charge is 2.17. The Hall–Kier alpha value is -1.48. The summed E-state index contributed by atoms with van der Waals surface area (Å²) in [5.74, 6) is -0.212. The van der Waals surface area contributed by atoms with Crippen LogP contribution in [0.3, 0.4) is 0 Å². The van der Waals surface area contributed by atoms with Gasteiger partial charge in [0.1, 0.15) is 5.82 Å². The second-order valence-corrected chi connectivity index (χ2v) is 10.7. The Balaban J connectivity index is 2.55. The first kappa shape index (κ1) is 13.0. The van der Waals surface area contributed by atoms with Crippen molar-refractivity contribution in [3.8, 4) is 11.3 Å². The molecule has 0 aliphatic carbocycles. The van der Waals surface area contributed by atoms with Crippen LogP contribution >= 0.6 is 0 Å². The number of nitrogens with zero attached hydrogens (tertiary/aromatic N) is 1. The van der Waals surface area contributed by atoms with Crippen molar-refractivity contribution in [1.82, 2.24) is 4.98 Å². The SMILES string of the molecule is Cc1ccc(F)cc1-c1cc([Si](C)(C)C)ccn1. The zero-order chi connectivity index (χ0) is 13.3. The first-order valence-electron chi connectivity index (χ1n) is 6.11. The highest BCUT2D eigenvalue weighted by atomic mass is 28.3. The quantitative estimate of drug-likeness (QED) is 0.749. The molecule has 94 valence electrons. The number of rotatable bonds is 2. The van der Waals surface area contributed by atoms with E-state index in [1.807, 2.05) is 13.1 Å². The number of pyridine rings is 1. The fourth-order valence-corrected chi connectivity index (χ4v) is 3.06. The van der Waals surface area contributed by atoms with Gasteiger partial charge in [-0.3, -0.25) is 4.98 Å². The Bertz CT molecular complexity index is 573. The van der Waals surface area contributed by atoms with Crippen LogP contribution in [0.1, 0.15) is 5.56 Å². The molecule has 0 radical (unpaired) electrons. The topological polar surface area (TPSA) is 12.9 Å². The Morgan fingerprint density at radius 1 is 1.06 bits per heavy atom. The molecule has 18 heavy (non-hydrogen) atoms. The second-order valence-electron chi connectivity index (χ2n) is 5.64. The smallest absolute Gasteiger partial charge is 0.123 e. The van der Waals surface area contributed by atoms with Crippen molar-refractivity contribution in [3.05, 3.63) is 47.9 Å². The van der Waals surface area contributed by atoms with E-state index in [1.165, 1.54) is 11.3 Å². The number of aromatic nitrogens is 1. The maximum atomic E-state index is 13.3. The van der Waals surface area contributed by atoms with E-state index in [1.54, 1.807) is 12.1 Å². The molecular formula is C15H18FNSi. The minimum atomic E-state index is -1.36. The van der Waals surface area contributed by atoms with Crippen LogP contribution in [0.5, 0.6) is 0 Å². The lowest BCUT2D eigenvalue weighted by Crippen LogP contribution is -2.37. The van der Waals surface area contributed by atoms with Crippen LogP contribution < -0.4 is 5.19 Å². The van der Waals surface area contributed by atoms with Gasteiger partial charge in [0.2, 0.25) is 0 Å². The summed E-state index contributed by atoms with van der Waals surface area (Å²) >= 11 is 0. The molecule has 0 aliphatic heterocycles. The van der Waals surface area contributed by atoms with Crippen LogP contribution in [0.2, 0.25) is 19.6 Å². The molecule has 0 unspecified atom stereocenters. The Morgan fingerprint density at radius 3 is 2.44 bits per heavy atom. The van der Waals surface area contributed by atoms with Crippen molar-refractivity contribution in [2.75, 3.05) is 0 Å². The van der Waals surface area contributed by atoms with Crippen LogP contribution in [-0.4, -0.2) is 13.1 Å². The number of hydrogen-bond donors (Lipinski definition) is 0. The van der Waals surface area contributed by atoms with Gasteiger partial charge >= 0.3 is 0 Å². The molecule has 1 heterocycles. The van der Waals surface area contributed by atoms with E-state index >= 15 is 0 Å². The van der Waals surface area contributed by atoms with E-state index in [9.17, 15) is 4.39 Å². The Labute approximate surface area is 109 Å². The van der Waals surface area contributed by atoms with Crippen molar-refractivity contribution in [3.63, 3.8) is 0 Å². The van der Waals surface area contributed by atoms with Crippen molar-refractivity contribution in [2.24, 2.45) is 0 Å². The van der Waals surface area contributed by atoms with Gasteiger partial charge in [-0.25, -0.2) is 4.39 Å². The summed E-state index contributed by atoms with van der Waals surface area (Å²) in [7, 11) is -1.36. The molecule has 2 aromatic rings. The average molecular weight is 259 g/mol. The zero-order valence-corrected chi connectivity index (χ0v) is 12.3. The molecule has 0 saturated carbocycles. The summed E-state index contributed by atoms with van der Waals surface area (Å²) in [5.41, 5.74) is 2.80. The molecule has 1 nitrogen and oxygen atoms in total. The van der Waals surface area contributed by atoms with Gasteiger partial charge < -0.3 is 0 Å². The average Bonchev–Trinajstić information content (AvgIpc) is 2.31. The highest BCUT2D eigenvalue weighted by molar-refractivity contribution is 6.88. The summed E-state index contributed by atoms with van der Waals surface area (Å²) in [5, 5.41) is 1.34. The van der Waals surface area contributed by atoms with Gasteiger partial charge in [-0.05, 0) is 36.8 Å². The van der Waals surface area contributed by atoms with Gasteiger partial charge in [0.05, 0.1) is 13.8 Å². The number of benzene rings is 1. The fraction of sp³-hybridized carbons (Fsp3) is 0.267. The van der Waals surface area contributed by atoms with E-state index in [0.29, 0.717) is 0 Å². The van der Waals surface area contributed by atoms with Gasteiger partial charge in [-0.2, -0.15) is 0 Å². The molecule has 0 saturated heterocycles. The lowest BCUT2D eigenvalue weighted by atomic mass is 10.1. The van der Waals surface area contributed by atoms with Gasteiger partial charge in [0.25, 0.3) is 0 Å². The predicted octanol–water partition coefficient (Wildman–Crippen LogP) is 3.74. The minimum Gasteiger partial charge on any atom is -0.256 e. The highest BCUT2D eigenvalue weighted by Crippen LogP contribution is 2.22. The van der Waals surface area contributed by atoms with Crippen molar-refractivity contribution < 1.29 is 4.39 Å². The van der Waals surface area contributed by atoms with Crippen molar-refractivity contribution in [2.45, 2.75) is 26.6 Å². The van der Waals surface area contributed by atoms with Crippen molar-refractivity contribution in [1.29, 1.82) is 0 Å². The zero-order valence-electron chi connectivity index (χ0n) is 11.3. The largest absolute Gasteiger partial charge is 0.256 e. The summed E-state index contributed by atoms with van der Waals surface area (Å²) in [6.45, 7) is 8.87.